The number of nitrogens with one attached hydrogen (secondary N) is 1. The van der Waals surface area contributed by atoms with Gasteiger partial charge < -0.3 is 10.1 Å². The van der Waals surface area contributed by atoms with Crippen LogP contribution >= 0.6 is 0 Å². The number of nitrogens with two attached hydrogens (primary N) is 1. The van der Waals surface area contributed by atoms with Crippen molar-refractivity contribution in [3.63, 3.8) is 0 Å². The summed E-state index contributed by atoms with van der Waals surface area (Å²) in [7, 11) is -7.99. The minimum atomic E-state index is -5.82. The number of hydrazine groups is 1. The number of hydrogen-bond donors (Lipinski definition) is 3. The third-order valence-electron chi connectivity index (χ3n) is 5.34. The molecular weight excluding hydrogens is 684 g/mol. The molecule has 2 aromatic carbocycles. The van der Waals surface area contributed by atoms with Crippen molar-refractivity contribution >= 4 is 48.9 Å². The Balaban J connectivity index is 0.000000874. The number of sulfonamides is 2. The van der Waals surface area contributed by atoms with E-state index in [4.69, 9.17) is 10.9 Å². The lowest BCUT2D eigenvalue weighted by atomic mass is 10.1. The molecule has 0 saturated carbocycles. The summed E-state index contributed by atoms with van der Waals surface area (Å²) >= 11 is 0. The third kappa shape index (κ3) is 11.9. The van der Waals surface area contributed by atoms with Crippen LogP contribution in [0.4, 0.5) is 42.5 Å². The molecule has 4 N–H and O–H groups in total. The van der Waals surface area contributed by atoms with E-state index in [0.29, 0.717) is 16.3 Å². The van der Waals surface area contributed by atoms with Gasteiger partial charge >= 0.3 is 37.2 Å². The van der Waals surface area contributed by atoms with Crippen LogP contribution in [0.15, 0.2) is 52.7 Å². The van der Waals surface area contributed by atoms with Crippen LogP contribution < -0.4 is 15.0 Å². The second kappa shape index (κ2) is 17.2. The van der Waals surface area contributed by atoms with E-state index in [1.165, 1.54) is 53.9 Å². The Hall–Kier alpha value is -4.11. The Morgan fingerprint density at radius 2 is 1.40 bits per heavy atom. The molecule has 0 aliphatic heterocycles. The standard InChI is InChI=1S/C13H17F3N4O4S.C11H14F3N3O2S.C2H6/c1-4-19(12(21)22)18-9(3)10-7-8(2)5-6-11(10)20(17)25(23,24)13(14,15)16;1-8(15-17(2)3)9-6-4-5-7-10(9)16-20(18,19)11(12,13)14;1-2/h5-7H,4,17H2,1-3H3,(H,21,22);4-7,16H,1-3H3;1-2H3/b18-9+;15-8+;. The van der Waals surface area contributed by atoms with E-state index in [0.717, 1.165) is 6.07 Å². The van der Waals surface area contributed by atoms with E-state index < -0.39 is 47.3 Å². The van der Waals surface area contributed by atoms with Crippen molar-refractivity contribution < 1.29 is 53.1 Å². The van der Waals surface area contributed by atoms with Crippen LogP contribution in [0.1, 0.15) is 51.3 Å². The van der Waals surface area contributed by atoms with Crippen LogP contribution in [0.25, 0.3) is 0 Å². The first-order valence-electron chi connectivity index (χ1n) is 13.3. The van der Waals surface area contributed by atoms with Crippen LogP contribution in [-0.4, -0.2) is 81.1 Å². The van der Waals surface area contributed by atoms with Gasteiger partial charge in [0.2, 0.25) is 0 Å². The average molecular weight is 722 g/mol. The van der Waals surface area contributed by atoms with Crippen molar-refractivity contribution in [3.05, 3.63) is 59.2 Å². The van der Waals surface area contributed by atoms with Gasteiger partial charge in [0.15, 0.2) is 0 Å². The summed E-state index contributed by atoms with van der Waals surface area (Å²) in [6.07, 6.45) is -1.37. The summed E-state index contributed by atoms with van der Waals surface area (Å²) in [5.41, 5.74) is -10.4. The fourth-order valence-corrected chi connectivity index (χ4v) is 4.53. The molecule has 0 aliphatic rings. The number of alkyl halides is 6. The first kappa shape index (κ1) is 42.9. The number of carbonyl (C=O) groups is 1. The molecule has 0 aromatic heterocycles. The molecule has 0 fully saturated rings. The van der Waals surface area contributed by atoms with Gasteiger partial charge in [0.25, 0.3) is 0 Å². The first-order valence-corrected chi connectivity index (χ1v) is 16.2. The Bertz CT molecular complexity index is 1650. The summed E-state index contributed by atoms with van der Waals surface area (Å²) in [5, 5.41) is 18.9. The second-order valence-corrected chi connectivity index (χ2v) is 12.6. The molecule has 1 amide bonds. The van der Waals surface area contributed by atoms with Gasteiger partial charge in [-0.15, -0.1) is 0 Å². The highest BCUT2D eigenvalue weighted by atomic mass is 32.2. The first-order chi connectivity index (χ1) is 21.4. The molecule has 2 aromatic rings. The van der Waals surface area contributed by atoms with Gasteiger partial charge in [-0.2, -0.15) is 62.8 Å². The number of nitrogens with zero attached hydrogens (tertiary/aromatic N) is 5. The molecule has 0 aliphatic carbocycles. The topological polar surface area (TPSA) is 178 Å². The highest BCUT2D eigenvalue weighted by molar-refractivity contribution is 7.93. The molecule has 21 heteroatoms. The molecule has 0 bridgehead atoms. The van der Waals surface area contributed by atoms with E-state index in [2.05, 4.69) is 10.2 Å². The molecule has 47 heavy (non-hydrogen) atoms. The highest BCUT2D eigenvalue weighted by Crippen LogP contribution is 2.31. The number of hydrogen-bond acceptors (Lipinski definition) is 9. The summed E-state index contributed by atoms with van der Waals surface area (Å²) in [5.74, 6) is 5.21. The van der Waals surface area contributed by atoms with E-state index in [1.807, 2.05) is 13.8 Å². The van der Waals surface area contributed by atoms with E-state index in [-0.39, 0.29) is 29.1 Å². The predicted molar refractivity (Wildman–Crippen MR) is 168 cm³/mol. The zero-order valence-corrected chi connectivity index (χ0v) is 28.3. The molecule has 0 unspecified atom stereocenters. The lowest BCUT2D eigenvalue weighted by molar-refractivity contribution is -0.0441. The van der Waals surface area contributed by atoms with Gasteiger partial charge in [0.05, 0.1) is 22.8 Å². The summed E-state index contributed by atoms with van der Waals surface area (Å²) in [6.45, 7) is 10.0. The van der Waals surface area contributed by atoms with Gasteiger partial charge in [-0.3, -0.25) is 4.72 Å². The molecule has 0 radical (unpaired) electrons. The van der Waals surface area contributed by atoms with E-state index in [9.17, 15) is 48.0 Å². The van der Waals surface area contributed by atoms with Gasteiger partial charge in [-0.1, -0.05) is 43.7 Å². The fraction of sp³-hybridized carbons (Fsp3) is 0.423. The Morgan fingerprint density at radius 3 is 1.85 bits per heavy atom. The number of hydrazone groups is 2. The van der Waals surface area contributed by atoms with E-state index in [1.54, 1.807) is 34.0 Å². The number of carboxylic acid groups (broad SMARTS) is 1. The molecule has 13 nitrogen and oxygen atoms in total. The zero-order valence-electron chi connectivity index (χ0n) is 26.6. The predicted octanol–water partition coefficient (Wildman–Crippen LogP) is 5.51. The largest absolute Gasteiger partial charge is 0.518 e. The number of para-hydroxylation sites is 1. The number of amides is 1. The number of rotatable bonds is 9. The summed E-state index contributed by atoms with van der Waals surface area (Å²) in [4.78, 5) is 11.0. The maximum absolute atomic E-state index is 12.7. The van der Waals surface area contributed by atoms with Crippen molar-refractivity contribution in [3.8, 4) is 0 Å². The Kier molecular flexibility index (Phi) is 15.7. The van der Waals surface area contributed by atoms with Crippen LogP contribution in [-0.2, 0) is 20.0 Å². The molecule has 0 saturated heterocycles. The van der Waals surface area contributed by atoms with Crippen LogP contribution in [0, 0.1) is 6.92 Å². The lowest BCUT2D eigenvalue weighted by Crippen LogP contribution is -2.46. The van der Waals surface area contributed by atoms with Gasteiger partial charge in [0, 0.05) is 31.8 Å². The van der Waals surface area contributed by atoms with Crippen LogP contribution in [0.2, 0.25) is 0 Å². The Labute approximate surface area is 269 Å². The molecule has 0 spiro atoms. The monoisotopic (exact) mass is 721 g/mol. The maximum atomic E-state index is 12.7. The minimum Gasteiger partial charge on any atom is -0.464 e. The highest BCUT2D eigenvalue weighted by Gasteiger charge is 2.50. The van der Waals surface area contributed by atoms with Crippen molar-refractivity contribution in [2.45, 2.75) is 52.6 Å². The number of aryl methyl sites for hydroxylation is 1. The molecule has 0 atom stereocenters. The van der Waals surface area contributed by atoms with Crippen molar-refractivity contribution in [1.29, 1.82) is 0 Å². The maximum Gasteiger partial charge on any atom is 0.518 e. The van der Waals surface area contributed by atoms with Crippen molar-refractivity contribution in [1.82, 2.24) is 10.0 Å². The van der Waals surface area contributed by atoms with Gasteiger partial charge in [0.1, 0.15) is 0 Å². The van der Waals surface area contributed by atoms with Crippen LogP contribution in [0.3, 0.4) is 0 Å². The fourth-order valence-electron chi connectivity index (χ4n) is 3.30. The number of anilines is 2. The zero-order chi connectivity index (χ0) is 37.1. The smallest absolute Gasteiger partial charge is 0.464 e. The molecular formula is C26H37F6N7O6S2. The normalized spacial score (nSPS) is 12.6. The second-order valence-electron chi connectivity index (χ2n) is 9.08. The lowest BCUT2D eigenvalue weighted by Gasteiger charge is -2.23. The van der Waals surface area contributed by atoms with E-state index >= 15 is 0 Å². The van der Waals surface area contributed by atoms with Gasteiger partial charge in [-0.05, 0) is 45.9 Å². The van der Waals surface area contributed by atoms with Crippen molar-refractivity contribution in [2.75, 3.05) is 29.8 Å². The third-order valence-corrected chi connectivity index (χ3v) is 7.74. The SMILES string of the molecule is C/C(=N\N(C)C)c1ccccc1NS(=O)(=O)C(F)(F)F.CC.CCN(/N=C(\C)c1cc(C)ccc1N(N)S(=O)(=O)C(F)(F)F)C(=O)O. The van der Waals surface area contributed by atoms with Gasteiger partial charge in [-0.25, -0.2) is 10.6 Å². The van der Waals surface area contributed by atoms with Crippen LogP contribution in [0.5, 0.6) is 0 Å². The molecule has 0 heterocycles. The number of halogens is 6. The van der Waals surface area contributed by atoms with Crippen molar-refractivity contribution in [2.24, 2.45) is 16.0 Å². The minimum absolute atomic E-state index is 0.0129. The summed E-state index contributed by atoms with van der Waals surface area (Å²) in [6, 6.07) is 9.55. The number of benzene rings is 2. The Morgan fingerprint density at radius 1 is 0.894 bits per heavy atom. The molecule has 2 rings (SSSR count). The average Bonchev–Trinajstić information content (AvgIpc) is 2.95. The quantitative estimate of drug-likeness (QED) is 0.131. The summed E-state index contributed by atoms with van der Waals surface area (Å²) < 4.78 is 122. The molecule has 266 valence electrons.